The highest BCUT2D eigenvalue weighted by Crippen LogP contribution is 2.51. The number of likely N-dealkylation sites (N-methyl/N-ethyl adjacent to an activating group) is 1. The molecular formula is C52H73N6O14P. The number of likely N-dealkylation sites (tertiary alicyclic amines) is 1. The zero-order valence-corrected chi connectivity index (χ0v) is 44.7. The number of esters is 1. The smallest absolute Gasteiger partial charge is 0.355 e. The molecule has 2 aromatic carbocycles. The van der Waals surface area contributed by atoms with E-state index in [2.05, 4.69) is 29.1 Å². The van der Waals surface area contributed by atoms with Crippen molar-refractivity contribution in [3.05, 3.63) is 58.0 Å². The summed E-state index contributed by atoms with van der Waals surface area (Å²) in [5.41, 5.74) is -0.199. The number of Topliss-reactive ketones (excluding diaryl/α,β-unsaturated/α-hetero) is 1. The van der Waals surface area contributed by atoms with Gasteiger partial charge in [-0.1, -0.05) is 73.6 Å². The molecule has 5 aliphatic rings. The van der Waals surface area contributed by atoms with Crippen LogP contribution < -0.4 is 26.1 Å². The van der Waals surface area contributed by atoms with Crippen LogP contribution in [0, 0.1) is 48.3 Å². The summed E-state index contributed by atoms with van der Waals surface area (Å²) in [7, 11) is -3.57. The number of benzene rings is 2. The summed E-state index contributed by atoms with van der Waals surface area (Å²) in [5.74, 6) is -9.40. The first-order chi connectivity index (χ1) is 34.0. The molecule has 1 unspecified atom stereocenters. The number of ketones is 1. The van der Waals surface area contributed by atoms with Gasteiger partial charge >= 0.3 is 19.4 Å². The van der Waals surface area contributed by atoms with Gasteiger partial charge in [0.05, 0.1) is 42.1 Å². The molecule has 1 spiro atoms. The summed E-state index contributed by atoms with van der Waals surface area (Å²) in [6.45, 7) is 21.6. The van der Waals surface area contributed by atoms with Crippen LogP contribution in [-0.2, 0) is 33.2 Å². The Morgan fingerprint density at radius 3 is 2.25 bits per heavy atom. The van der Waals surface area contributed by atoms with Gasteiger partial charge < -0.3 is 59.6 Å². The number of ether oxygens (including phenoxy) is 3. The Balaban J connectivity index is 1.43. The number of aldehydes is 1. The van der Waals surface area contributed by atoms with Crippen molar-refractivity contribution < 1.29 is 67.9 Å². The van der Waals surface area contributed by atoms with Crippen LogP contribution in [0.15, 0.2) is 46.1 Å². The van der Waals surface area contributed by atoms with Crippen molar-refractivity contribution in [3.8, 4) is 17.2 Å². The first-order valence-electron chi connectivity index (χ1n) is 24.9. The third-order valence-electron chi connectivity index (χ3n) is 15.2. The second-order valence-electron chi connectivity index (χ2n) is 21.3. The Morgan fingerprint density at radius 1 is 0.973 bits per heavy atom. The van der Waals surface area contributed by atoms with Gasteiger partial charge in [0.15, 0.2) is 17.8 Å². The summed E-state index contributed by atoms with van der Waals surface area (Å²) in [6.07, 6.45) is 7.06. The normalized spacial score (nSPS) is 29.8. The number of fused-ring (bicyclic) bond motifs is 13. The summed E-state index contributed by atoms with van der Waals surface area (Å²) in [6, 6.07) is 0. The molecule has 0 aromatic heterocycles. The van der Waals surface area contributed by atoms with E-state index in [0.717, 1.165) is 6.54 Å². The van der Waals surface area contributed by atoms with Gasteiger partial charge in [-0.3, -0.25) is 33.6 Å². The zero-order valence-electron chi connectivity index (χ0n) is 43.8. The molecule has 0 saturated carbocycles. The Labute approximate surface area is 425 Å². The van der Waals surface area contributed by atoms with Crippen molar-refractivity contribution in [2.45, 2.75) is 118 Å². The molecule has 2 aromatic rings. The Bertz CT molecular complexity index is 2780. The molecule has 20 nitrogen and oxygen atoms in total. The largest absolute Gasteiger partial charge is 0.507 e. The number of aromatic hydroxyl groups is 2. The van der Waals surface area contributed by atoms with E-state index in [1.54, 1.807) is 39.0 Å². The van der Waals surface area contributed by atoms with E-state index in [1.807, 2.05) is 33.0 Å². The Hall–Kier alpha value is -5.50. The summed E-state index contributed by atoms with van der Waals surface area (Å²) < 4.78 is 30.2. The third-order valence-corrected chi connectivity index (χ3v) is 16.2. The minimum absolute atomic E-state index is 0.0707. The number of phenolic OH excluding ortho intramolecular Hbond substituents is 2. The van der Waals surface area contributed by atoms with E-state index in [0.29, 0.717) is 37.5 Å². The maximum Gasteiger partial charge on any atom is 0.355 e. The van der Waals surface area contributed by atoms with Crippen LogP contribution in [0.2, 0.25) is 0 Å². The first-order valence-corrected chi connectivity index (χ1v) is 26.6. The summed E-state index contributed by atoms with van der Waals surface area (Å²) in [5, 5.41) is 41.7. The van der Waals surface area contributed by atoms with Crippen LogP contribution in [0.5, 0.6) is 17.2 Å². The standard InChI is InChI=1S/C52H73N6O14P/c1-26(2)22-58-19-17-52(18-20-58)55-41-38-39-45(63)34(10)48-40(38)49(65)51(11,72-48)70-21-16-27(3)30(6)31(7)32(8)44(62)33(9)47(71-37(61)24-57(12)23-35(60)53-36(25-59)73(67,68)69)28(4)14-13-15-29(5)50(66)54-43(46(39)64)42(41)56-52/h13-16,21,25-28,30-33,36,44,47,55,62-64H,17-20,22-24H2,1-12H3,(H,53,60)(H2,67,68,69)/b14-13+,21-16+,29-15-,54-43?/t27-,28-,30+,31+,32-,33-,36?,44-,47-,51-/m0/s1. The highest BCUT2D eigenvalue weighted by molar-refractivity contribution is 7.53. The van der Waals surface area contributed by atoms with Gasteiger partial charge in [0.25, 0.3) is 11.7 Å². The van der Waals surface area contributed by atoms with Gasteiger partial charge in [-0.15, -0.1) is 0 Å². The highest BCUT2D eigenvalue weighted by Gasteiger charge is 2.51. The Morgan fingerprint density at radius 2 is 1.63 bits per heavy atom. The summed E-state index contributed by atoms with van der Waals surface area (Å²) in [4.78, 5) is 98.2. The molecule has 7 N–H and O–H groups in total. The fraction of sp³-hybridized carbons (Fsp3) is 0.596. The number of nitrogens with zero attached hydrogens (tertiary/aromatic N) is 4. The van der Waals surface area contributed by atoms with Gasteiger partial charge in [-0.2, -0.15) is 0 Å². The van der Waals surface area contributed by atoms with Crippen LogP contribution in [0.4, 0.5) is 5.69 Å². The second kappa shape index (κ2) is 22.1. The monoisotopic (exact) mass is 1040 g/mol. The van der Waals surface area contributed by atoms with Crippen molar-refractivity contribution >= 4 is 53.9 Å². The topological polar surface area (TPSA) is 287 Å². The number of amides is 2. The maximum atomic E-state index is 14.8. The molecule has 21 heteroatoms. The molecule has 73 heavy (non-hydrogen) atoms. The molecular weight excluding hydrogens is 964 g/mol. The zero-order chi connectivity index (χ0) is 54.2. The van der Waals surface area contributed by atoms with Gasteiger partial charge in [-0.05, 0) is 56.6 Å². The number of anilines is 1. The summed E-state index contributed by atoms with van der Waals surface area (Å²) >= 11 is 0. The molecule has 400 valence electrons. The number of hydrogen-bond acceptors (Lipinski definition) is 16. The van der Waals surface area contributed by atoms with E-state index >= 15 is 0 Å². The molecule has 5 aliphatic heterocycles. The van der Waals surface area contributed by atoms with Crippen LogP contribution in [-0.4, -0.2) is 134 Å². The van der Waals surface area contributed by atoms with Crippen LogP contribution in [0.1, 0.15) is 98.0 Å². The molecule has 1 saturated heterocycles. The number of nitrogens with one attached hydrogen (secondary N) is 2. The van der Waals surface area contributed by atoms with Gasteiger partial charge in [0.1, 0.15) is 34.0 Å². The lowest BCUT2D eigenvalue weighted by molar-refractivity contribution is -0.159. The van der Waals surface area contributed by atoms with Crippen molar-refractivity contribution in [2.24, 2.45) is 51.4 Å². The van der Waals surface area contributed by atoms with Crippen molar-refractivity contribution in [1.82, 2.24) is 15.1 Å². The highest BCUT2D eigenvalue weighted by atomic mass is 31.2. The third kappa shape index (κ3) is 11.9. The first kappa shape index (κ1) is 56.8. The number of rotatable bonds is 10. The SMILES string of the molecule is C/C1=C/C=C/[C@H](C)[C@H](OC(=O)CN(C)CC(=O)NC(C=O)P(=O)(O)O)[C@@H](C)[C@@H](O)[C@@H](C)[C@H](C)[C@H](C)[C@@H](C)/C=C/O[C@@]2(C)Oc3c(C)c(O)c4c(O)c(c5c(c4c3C2=O)NC2(CCN(CC(C)C)CC2)N=5)=NC1=O. The average molecular weight is 1040 g/mol. The number of piperidine rings is 1. The number of allylic oxidation sites excluding steroid dienone is 3. The predicted molar refractivity (Wildman–Crippen MR) is 271 cm³/mol. The molecule has 5 heterocycles. The quantitative estimate of drug-likeness (QED) is 0.0752. The maximum absolute atomic E-state index is 14.8. The Kier molecular flexibility index (Phi) is 17.2. The molecule has 0 radical (unpaired) electrons. The average Bonchev–Trinajstić information content (AvgIpc) is 3.81. The van der Waals surface area contributed by atoms with Crippen molar-refractivity contribution in [1.29, 1.82) is 0 Å². The van der Waals surface area contributed by atoms with Crippen LogP contribution in [0.25, 0.3) is 10.8 Å². The van der Waals surface area contributed by atoms with E-state index in [-0.39, 0.29) is 79.6 Å². The van der Waals surface area contributed by atoms with Crippen LogP contribution >= 0.6 is 7.60 Å². The second-order valence-corrected chi connectivity index (χ2v) is 23.0. The lowest BCUT2D eigenvalue weighted by atomic mass is 9.72. The molecule has 2 amide bonds. The van der Waals surface area contributed by atoms with Crippen molar-refractivity contribution in [2.75, 3.05) is 45.1 Å². The molecule has 10 atom stereocenters. The molecule has 5 bridgehead atoms. The van der Waals surface area contributed by atoms with Gasteiger partial charge in [-0.25, -0.2) is 4.99 Å². The van der Waals surface area contributed by atoms with Crippen molar-refractivity contribution in [3.63, 3.8) is 0 Å². The number of carbonyl (C=O) groups excluding carboxylic acids is 5. The minimum Gasteiger partial charge on any atom is -0.507 e. The van der Waals surface area contributed by atoms with Gasteiger partial charge in [0, 0.05) is 67.8 Å². The number of carbonyl (C=O) groups is 5. The fourth-order valence-corrected chi connectivity index (χ4v) is 10.8. The lowest BCUT2D eigenvalue weighted by Crippen LogP contribution is -2.47. The predicted octanol–water partition coefficient (Wildman–Crippen LogP) is 4.38. The number of aliphatic hydroxyl groups excluding tert-OH is 1. The fourth-order valence-electron chi connectivity index (χ4n) is 10.3. The minimum atomic E-state index is -4.97. The molecule has 1 fully saturated rings. The van der Waals surface area contributed by atoms with Gasteiger partial charge in [0.2, 0.25) is 5.91 Å². The van der Waals surface area contributed by atoms with E-state index in [1.165, 1.54) is 38.1 Å². The number of phenols is 2. The number of hydrogen-bond donors (Lipinski definition) is 7. The van der Waals surface area contributed by atoms with Crippen LogP contribution in [0.3, 0.4) is 0 Å². The van der Waals surface area contributed by atoms with E-state index in [9.17, 15) is 53.6 Å². The number of aliphatic hydroxyl groups is 1. The lowest BCUT2D eigenvalue weighted by Gasteiger charge is -2.38. The molecule has 0 aliphatic carbocycles. The van der Waals surface area contributed by atoms with E-state index < -0.39 is 91.3 Å². The molecule has 7 rings (SSSR count). The van der Waals surface area contributed by atoms with E-state index in [4.69, 9.17) is 19.2 Å².